The van der Waals surface area contributed by atoms with Gasteiger partial charge in [-0.3, -0.25) is 4.40 Å². The van der Waals surface area contributed by atoms with Crippen molar-refractivity contribution in [3.05, 3.63) is 78.0 Å². The lowest BCUT2D eigenvalue weighted by atomic mass is 9.97. The molecular weight excluding hydrogens is 345 g/mol. The molecule has 0 saturated carbocycles. The first-order chi connectivity index (χ1) is 13.2. The highest BCUT2D eigenvalue weighted by Crippen LogP contribution is 2.31. The molecule has 0 bridgehead atoms. The second kappa shape index (κ2) is 6.69. The first kappa shape index (κ1) is 16.4. The van der Waals surface area contributed by atoms with Crippen LogP contribution in [0, 0.1) is 17.1 Å². The fourth-order valence-corrected chi connectivity index (χ4v) is 2.94. The van der Waals surface area contributed by atoms with Crippen LogP contribution < -0.4 is 0 Å². The van der Waals surface area contributed by atoms with Gasteiger partial charge in [0.25, 0.3) is 0 Å². The normalized spacial score (nSPS) is 11.1. The van der Waals surface area contributed by atoms with Crippen molar-refractivity contribution in [2.75, 3.05) is 0 Å². The van der Waals surface area contributed by atoms with Crippen molar-refractivity contribution in [1.29, 1.82) is 5.26 Å². The molecule has 130 valence electrons. The lowest BCUT2D eigenvalue weighted by Gasteiger charge is -2.09. The summed E-state index contributed by atoms with van der Waals surface area (Å²) in [5.41, 5.74) is 3.20. The molecule has 4 aromatic rings. The quantitative estimate of drug-likeness (QED) is 0.342. The lowest BCUT2D eigenvalue weighted by molar-refractivity contribution is 0.321. The van der Waals surface area contributed by atoms with Crippen LogP contribution in [0.15, 0.2) is 66.1 Å². The van der Waals surface area contributed by atoms with Crippen LogP contribution in [0.2, 0.25) is 0 Å². The summed E-state index contributed by atoms with van der Waals surface area (Å²) >= 11 is 0. The van der Waals surface area contributed by atoms with E-state index in [-0.39, 0.29) is 0 Å². The second-order valence-electron chi connectivity index (χ2n) is 5.76. The molecule has 0 radical (unpaired) electrons. The van der Waals surface area contributed by atoms with E-state index < -0.39 is 5.82 Å². The van der Waals surface area contributed by atoms with Gasteiger partial charge in [-0.1, -0.05) is 23.4 Å². The van der Waals surface area contributed by atoms with Crippen LogP contribution in [-0.4, -0.2) is 25.8 Å². The van der Waals surface area contributed by atoms with Crippen LogP contribution in [0.25, 0.3) is 28.2 Å². The number of rotatable bonds is 3. The molecule has 4 rings (SSSR count). The molecule has 0 atom stereocenters. The van der Waals surface area contributed by atoms with Gasteiger partial charge in [-0.2, -0.15) is 5.26 Å². The van der Waals surface area contributed by atoms with Crippen LogP contribution in [-0.2, 0) is 0 Å². The molecule has 0 fully saturated rings. The largest absolute Gasteiger partial charge is 0.411 e. The number of nitriles is 1. The Labute approximate surface area is 153 Å². The van der Waals surface area contributed by atoms with Gasteiger partial charge >= 0.3 is 0 Å². The first-order valence-electron chi connectivity index (χ1n) is 8.02. The molecule has 0 aliphatic heterocycles. The summed E-state index contributed by atoms with van der Waals surface area (Å²) in [5.74, 6) is 0.0144. The molecule has 6 nitrogen and oxygen atoms in total. The summed E-state index contributed by atoms with van der Waals surface area (Å²) in [6.07, 6.45) is 4.59. The van der Waals surface area contributed by atoms with Crippen molar-refractivity contribution in [1.82, 2.24) is 14.4 Å². The highest BCUT2D eigenvalue weighted by molar-refractivity contribution is 5.78. The Balaban J connectivity index is 1.87. The molecule has 0 aliphatic rings. The van der Waals surface area contributed by atoms with Gasteiger partial charge < -0.3 is 5.21 Å². The summed E-state index contributed by atoms with van der Waals surface area (Å²) < 4.78 is 16.2. The zero-order valence-corrected chi connectivity index (χ0v) is 13.9. The minimum Gasteiger partial charge on any atom is -0.411 e. The molecule has 2 heterocycles. The van der Waals surface area contributed by atoms with Crippen LogP contribution in [0.3, 0.4) is 0 Å². The number of halogens is 1. The number of oxime groups is 1. The summed E-state index contributed by atoms with van der Waals surface area (Å²) in [4.78, 5) is 8.52. The number of nitrogens with zero attached hydrogens (tertiary/aromatic N) is 5. The highest BCUT2D eigenvalue weighted by Gasteiger charge is 2.13. The van der Waals surface area contributed by atoms with Gasteiger partial charge in [-0.05, 0) is 30.3 Å². The SMILES string of the molecule is N#Cc1ccccc1-c1cc(-c2cnc3nc(C=NO)ccn23)ccc1F. The molecule has 1 N–H and O–H groups in total. The predicted octanol–water partition coefficient (Wildman–Crippen LogP) is 3.88. The lowest BCUT2D eigenvalue weighted by Crippen LogP contribution is -1.96. The third-order valence-electron chi connectivity index (χ3n) is 4.19. The Hall–Kier alpha value is -4.05. The van der Waals surface area contributed by atoms with Gasteiger partial charge in [0.05, 0.1) is 35.4 Å². The Bertz CT molecular complexity index is 1220. The van der Waals surface area contributed by atoms with Crippen LogP contribution >= 0.6 is 0 Å². The maximum Gasteiger partial charge on any atom is 0.234 e. The van der Waals surface area contributed by atoms with E-state index in [1.54, 1.807) is 59.3 Å². The molecule has 27 heavy (non-hydrogen) atoms. The van der Waals surface area contributed by atoms with E-state index in [4.69, 9.17) is 5.21 Å². The van der Waals surface area contributed by atoms with Crippen LogP contribution in [0.4, 0.5) is 4.39 Å². The standard InChI is InChI=1S/C20H12FN5O/c21-18-6-5-13(9-17(18)16-4-2-1-3-14(16)10-22)19-12-23-20-25-15(11-24-27)7-8-26(19)20/h1-9,11-12,27H. The monoisotopic (exact) mass is 357 g/mol. The smallest absolute Gasteiger partial charge is 0.234 e. The number of fused-ring (bicyclic) bond motifs is 1. The van der Waals surface area contributed by atoms with Gasteiger partial charge in [-0.25, -0.2) is 14.4 Å². The fourth-order valence-electron chi connectivity index (χ4n) is 2.94. The predicted molar refractivity (Wildman–Crippen MR) is 97.9 cm³/mol. The maximum absolute atomic E-state index is 14.5. The number of imidazole rings is 1. The molecule has 0 aliphatic carbocycles. The molecule has 0 saturated heterocycles. The van der Waals surface area contributed by atoms with Crippen molar-refractivity contribution < 1.29 is 9.60 Å². The highest BCUT2D eigenvalue weighted by atomic mass is 19.1. The van der Waals surface area contributed by atoms with Crippen molar-refractivity contribution in [2.45, 2.75) is 0 Å². The van der Waals surface area contributed by atoms with Crippen molar-refractivity contribution >= 4 is 12.0 Å². The Morgan fingerprint density at radius 2 is 2.00 bits per heavy atom. The summed E-state index contributed by atoms with van der Waals surface area (Å²) in [7, 11) is 0. The summed E-state index contributed by atoms with van der Waals surface area (Å²) in [6, 6.07) is 15.4. The maximum atomic E-state index is 14.5. The molecule has 0 amide bonds. The Morgan fingerprint density at radius 1 is 1.15 bits per heavy atom. The third kappa shape index (κ3) is 2.89. The number of benzene rings is 2. The number of hydrogen-bond donors (Lipinski definition) is 1. The third-order valence-corrected chi connectivity index (χ3v) is 4.19. The van der Waals surface area contributed by atoms with E-state index in [9.17, 15) is 9.65 Å². The van der Waals surface area contributed by atoms with Crippen molar-refractivity contribution in [3.8, 4) is 28.5 Å². The minimum absolute atomic E-state index is 0.344. The number of aromatic nitrogens is 3. The molecular formula is C20H12FN5O. The van der Waals surface area contributed by atoms with E-state index in [1.807, 2.05) is 0 Å². The van der Waals surface area contributed by atoms with E-state index in [2.05, 4.69) is 21.2 Å². The topological polar surface area (TPSA) is 86.6 Å². The van der Waals surface area contributed by atoms with Gasteiger partial charge in [-0.15, -0.1) is 0 Å². The average molecular weight is 357 g/mol. The molecule has 7 heteroatoms. The Kier molecular flexibility index (Phi) is 4.07. The average Bonchev–Trinajstić information content (AvgIpc) is 3.12. The minimum atomic E-state index is -0.408. The zero-order chi connectivity index (χ0) is 18.8. The molecule has 0 unspecified atom stereocenters. The van der Waals surface area contributed by atoms with Gasteiger partial charge in [0.2, 0.25) is 5.78 Å². The number of hydrogen-bond acceptors (Lipinski definition) is 5. The van der Waals surface area contributed by atoms with E-state index >= 15 is 0 Å². The summed E-state index contributed by atoms with van der Waals surface area (Å²) in [5, 5.41) is 20.9. The van der Waals surface area contributed by atoms with E-state index in [1.165, 1.54) is 12.3 Å². The second-order valence-corrected chi connectivity index (χ2v) is 5.76. The van der Waals surface area contributed by atoms with Gasteiger partial charge in [0, 0.05) is 22.9 Å². The molecule has 2 aromatic heterocycles. The molecule has 2 aromatic carbocycles. The van der Waals surface area contributed by atoms with Crippen molar-refractivity contribution in [3.63, 3.8) is 0 Å². The Morgan fingerprint density at radius 3 is 2.81 bits per heavy atom. The van der Waals surface area contributed by atoms with Gasteiger partial charge in [0.1, 0.15) is 5.82 Å². The van der Waals surface area contributed by atoms with E-state index in [0.29, 0.717) is 28.2 Å². The van der Waals surface area contributed by atoms with Crippen LogP contribution in [0.5, 0.6) is 0 Å². The van der Waals surface area contributed by atoms with Crippen LogP contribution in [0.1, 0.15) is 11.3 Å². The summed E-state index contributed by atoms with van der Waals surface area (Å²) in [6.45, 7) is 0. The van der Waals surface area contributed by atoms with Crippen molar-refractivity contribution in [2.24, 2.45) is 5.16 Å². The zero-order valence-electron chi connectivity index (χ0n) is 13.9. The van der Waals surface area contributed by atoms with Gasteiger partial charge in [0.15, 0.2) is 0 Å². The first-order valence-corrected chi connectivity index (χ1v) is 8.02. The fraction of sp³-hybridized carbons (Fsp3) is 0. The molecule has 0 spiro atoms. The van der Waals surface area contributed by atoms with E-state index in [0.717, 1.165) is 11.3 Å².